The number of hydrogen-bond acceptors (Lipinski definition) is 5. The highest BCUT2D eigenvalue weighted by molar-refractivity contribution is 5.46. The van der Waals surface area contributed by atoms with Gasteiger partial charge in [-0.3, -0.25) is 0 Å². The molecule has 21 heavy (non-hydrogen) atoms. The zero-order valence-electron chi connectivity index (χ0n) is 12.8. The normalized spacial score (nSPS) is 11.1. The molecule has 5 nitrogen and oxygen atoms in total. The summed E-state index contributed by atoms with van der Waals surface area (Å²) < 4.78 is 11.2. The molecule has 0 fully saturated rings. The molecule has 0 aliphatic rings. The minimum absolute atomic E-state index is 0.0758. The van der Waals surface area contributed by atoms with Crippen molar-refractivity contribution in [1.82, 2.24) is 4.98 Å². The molecular formula is C16H21N3O2. The number of anilines is 1. The predicted molar refractivity (Wildman–Crippen MR) is 83.8 cm³/mol. The Bertz CT molecular complexity index is 621. The highest BCUT2D eigenvalue weighted by atomic mass is 16.5. The maximum Gasteiger partial charge on any atom is 0.221 e. The van der Waals surface area contributed by atoms with Gasteiger partial charge in [-0.15, -0.1) is 0 Å². The largest absolute Gasteiger partial charge is 0.497 e. The molecule has 0 bridgehead atoms. The summed E-state index contributed by atoms with van der Waals surface area (Å²) >= 11 is 0. The Kier molecular flexibility index (Phi) is 4.33. The molecule has 2 rings (SSSR count). The maximum atomic E-state index is 5.92. The van der Waals surface area contributed by atoms with Crippen LogP contribution in [0.2, 0.25) is 0 Å². The van der Waals surface area contributed by atoms with Crippen molar-refractivity contribution < 1.29 is 9.47 Å². The highest BCUT2D eigenvalue weighted by Crippen LogP contribution is 2.36. The van der Waals surface area contributed by atoms with E-state index in [-0.39, 0.29) is 5.41 Å². The first kappa shape index (κ1) is 15.1. The molecule has 0 aliphatic heterocycles. The summed E-state index contributed by atoms with van der Waals surface area (Å²) in [6, 6.07) is 11.1. The second-order valence-corrected chi connectivity index (χ2v) is 5.72. The monoisotopic (exact) mass is 287 g/mol. The van der Waals surface area contributed by atoms with Gasteiger partial charge in [-0.2, -0.15) is 4.98 Å². The van der Waals surface area contributed by atoms with Crippen LogP contribution < -0.4 is 20.7 Å². The van der Waals surface area contributed by atoms with Gasteiger partial charge in [0.2, 0.25) is 5.88 Å². The van der Waals surface area contributed by atoms with E-state index in [2.05, 4.69) is 31.2 Å². The molecule has 2 aromatic rings. The third-order valence-electron chi connectivity index (χ3n) is 3.08. The number of rotatable bonds is 4. The van der Waals surface area contributed by atoms with Gasteiger partial charge >= 0.3 is 0 Å². The van der Waals surface area contributed by atoms with Crippen LogP contribution in [0, 0.1) is 0 Å². The van der Waals surface area contributed by atoms with Crippen molar-refractivity contribution in [2.45, 2.75) is 26.2 Å². The van der Waals surface area contributed by atoms with Crippen LogP contribution in [-0.4, -0.2) is 12.1 Å². The first-order chi connectivity index (χ1) is 9.94. The molecule has 0 saturated carbocycles. The van der Waals surface area contributed by atoms with E-state index in [0.29, 0.717) is 11.7 Å². The van der Waals surface area contributed by atoms with E-state index < -0.39 is 0 Å². The van der Waals surface area contributed by atoms with E-state index in [1.165, 1.54) is 0 Å². The van der Waals surface area contributed by atoms with Crippen LogP contribution in [0.25, 0.3) is 0 Å². The SMILES string of the molecule is COc1ccc(Oc2cccc(NN)n2)c(C(C)(C)C)c1. The predicted octanol–water partition coefficient (Wildman–Crippen LogP) is 3.47. The van der Waals surface area contributed by atoms with Crippen molar-refractivity contribution in [1.29, 1.82) is 0 Å². The Morgan fingerprint density at radius 2 is 1.90 bits per heavy atom. The lowest BCUT2D eigenvalue weighted by Crippen LogP contribution is -2.13. The zero-order chi connectivity index (χ0) is 15.5. The Morgan fingerprint density at radius 3 is 2.52 bits per heavy atom. The zero-order valence-corrected chi connectivity index (χ0v) is 12.8. The number of hydrogen-bond donors (Lipinski definition) is 2. The number of methoxy groups -OCH3 is 1. The summed E-state index contributed by atoms with van der Waals surface area (Å²) in [7, 11) is 1.65. The summed E-state index contributed by atoms with van der Waals surface area (Å²) in [4.78, 5) is 4.26. The van der Waals surface area contributed by atoms with Crippen LogP contribution in [0.5, 0.6) is 17.4 Å². The van der Waals surface area contributed by atoms with Gasteiger partial charge in [-0.05, 0) is 29.7 Å². The van der Waals surface area contributed by atoms with E-state index in [4.69, 9.17) is 15.3 Å². The minimum Gasteiger partial charge on any atom is -0.497 e. The summed E-state index contributed by atoms with van der Waals surface area (Å²) in [5.41, 5.74) is 3.48. The quantitative estimate of drug-likeness (QED) is 0.665. The summed E-state index contributed by atoms with van der Waals surface area (Å²) in [6.45, 7) is 6.37. The fourth-order valence-electron chi connectivity index (χ4n) is 1.98. The Morgan fingerprint density at radius 1 is 1.14 bits per heavy atom. The molecule has 0 atom stereocenters. The fraction of sp³-hybridized carbons (Fsp3) is 0.312. The van der Waals surface area contributed by atoms with Crippen LogP contribution in [0.4, 0.5) is 5.82 Å². The summed E-state index contributed by atoms with van der Waals surface area (Å²) in [6.07, 6.45) is 0. The Balaban J connectivity index is 2.39. The smallest absolute Gasteiger partial charge is 0.221 e. The molecule has 1 aromatic heterocycles. The molecule has 0 radical (unpaired) electrons. The van der Waals surface area contributed by atoms with Gasteiger partial charge in [0.25, 0.3) is 0 Å². The second kappa shape index (κ2) is 6.01. The van der Waals surface area contributed by atoms with Gasteiger partial charge in [-0.1, -0.05) is 26.8 Å². The standard InChI is InChI=1S/C16H21N3O2/c1-16(2,3)12-10-11(20-4)8-9-13(12)21-15-7-5-6-14(18-15)19-17/h5-10H,17H2,1-4H3,(H,18,19). The van der Waals surface area contributed by atoms with Crippen molar-refractivity contribution in [3.63, 3.8) is 0 Å². The summed E-state index contributed by atoms with van der Waals surface area (Å²) in [5, 5.41) is 0. The van der Waals surface area contributed by atoms with Crippen molar-refractivity contribution in [2.24, 2.45) is 5.84 Å². The van der Waals surface area contributed by atoms with Crippen LogP contribution in [0.1, 0.15) is 26.3 Å². The molecule has 3 N–H and O–H groups in total. The van der Waals surface area contributed by atoms with E-state index in [0.717, 1.165) is 17.1 Å². The molecule has 5 heteroatoms. The van der Waals surface area contributed by atoms with Crippen LogP contribution >= 0.6 is 0 Å². The molecule has 1 heterocycles. The van der Waals surface area contributed by atoms with Gasteiger partial charge in [0.15, 0.2) is 0 Å². The molecule has 0 aliphatic carbocycles. The summed E-state index contributed by atoms with van der Waals surface area (Å²) in [5.74, 6) is 7.96. The third-order valence-corrected chi connectivity index (χ3v) is 3.08. The van der Waals surface area contributed by atoms with E-state index in [1.807, 2.05) is 24.3 Å². The number of nitrogens with one attached hydrogen (secondary N) is 1. The molecule has 0 amide bonds. The van der Waals surface area contributed by atoms with Gasteiger partial charge < -0.3 is 14.9 Å². The molecular weight excluding hydrogens is 266 g/mol. The molecule has 0 unspecified atom stereocenters. The maximum absolute atomic E-state index is 5.92. The Labute approximate surface area is 125 Å². The van der Waals surface area contributed by atoms with Gasteiger partial charge in [-0.25, -0.2) is 5.84 Å². The second-order valence-electron chi connectivity index (χ2n) is 5.72. The number of aromatic nitrogens is 1. The number of ether oxygens (including phenoxy) is 2. The van der Waals surface area contributed by atoms with E-state index in [9.17, 15) is 0 Å². The van der Waals surface area contributed by atoms with Crippen LogP contribution in [-0.2, 0) is 5.41 Å². The fourth-order valence-corrected chi connectivity index (χ4v) is 1.98. The third kappa shape index (κ3) is 3.64. The highest BCUT2D eigenvalue weighted by Gasteiger charge is 2.20. The molecule has 0 spiro atoms. The van der Waals surface area contributed by atoms with E-state index >= 15 is 0 Å². The van der Waals surface area contributed by atoms with Crippen molar-refractivity contribution in [3.05, 3.63) is 42.0 Å². The number of pyridine rings is 1. The first-order valence-corrected chi connectivity index (χ1v) is 6.74. The van der Waals surface area contributed by atoms with E-state index in [1.54, 1.807) is 19.2 Å². The van der Waals surface area contributed by atoms with Crippen molar-refractivity contribution in [2.75, 3.05) is 12.5 Å². The van der Waals surface area contributed by atoms with Crippen LogP contribution in [0.3, 0.4) is 0 Å². The lowest BCUT2D eigenvalue weighted by Gasteiger charge is -2.23. The number of nitrogens with two attached hydrogens (primary N) is 1. The van der Waals surface area contributed by atoms with Gasteiger partial charge in [0.1, 0.15) is 17.3 Å². The topological polar surface area (TPSA) is 69.4 Å². The molecule has 0 saturated heterocycles. The van der Waals surface area contributed by atoms with Crippen LogP contribution in [0.15, 0.2) is 36.4 Å². The lowest BCUT2D eigenvalue weighted by molar-refractivity contribution is 0.405. The number of hydrazine groups is 1. The van der Waals surface area contributed by atoms with Crippen molar-refractivity contribution >= 4 is 5.82 Å². The number of nitrogens with zero attached hydrogens (tertiary/aromatic N) is 1. The van der Waals surface area contributed by atoms with Gasteiger partial charge in [0.05, 0.1) is 7.11 Å². The molecule has 112 valence electrons. The molecule has 1 aromatic carbocycles. The average Bonchev–Trinajstić information content (AvgIpc) is 2.46. The van der Waals surface area contributed by atoms with Crippen molar-refractivity contribution in [3.8, 4) is 17.4 Å². The number of nitrogen functional groups attached to an aromatic ring is 1. The lowest BCUT2D eigenvalue weighted by atomic mass is 9.86. The Hall–Kier alpha value is -2.27. The minimum atomic E-state index is -0.0758. The average molecular weight is 287 g/mol. The first-order valence-electron chi connectivity index (χ1n) is 6.74. The number of benzene rings is 1. The van der Waals surface area contributed by atoms with Gasteiger partial charge in [0, 0.05) is 11.6 Å².